The van der Waals surface area contributed by atoms with Crippen LogP contribution in [0.1, 0.15) is 13.3 Å². The molecule has 3 N–H and O–H groups in total. The lowest BCUT2D eigenvalue weighted by atomic mass is 10.3. The van der Waals surface area contributed by atoms with E-state index in [-0.39, 0.29) is 0 Å². The summed E-state index contributed by atoms with van der Waals surface area (Å²) < 4.78 is 40.2. The molecule has 1 saturated heterocycles. The van der Waals surface area contributed by atoms with Crippen molar-refractivity contribution in [3.05, 3.63) is 30.1 Å². The van der Waals surface area contributed by atoms with Gasteiger partial charge in [0.2, 0.25) is 15.9 Å². The molecule has 0 aliphatic carbocycles. The number of hydrogen-bond donors (Lipinski definition) is 3. The van der Waals surface area contributed by atoms with Gasteiger partial charge < -0.3 is 15.5 Å². The van der Waals surface area contributed by atoms with Crippen LogP contribution >= 0.6 is 0 Å². The van der Waals surface area contributed by atoms with Crippen LogP contribution in [0.2, 0.25) is 0 Å². The first kappa shape index (κ1) is 19.8. The largest absolute Gasteiger partial charge is 0.355 e. The zero-order valence-electron chi connectivity index (χ0n) is 14.3. The molecular weight excluding hydrogens is 347 g/mol. The summed E-state index contributed by atoms with van der Waals surface area (Å²) in [5, 5.41) is 5.98. The van der Waals surface area contributed by atoms with Gasteiger partial charge in [-0.05, 0) is 32.0 Å². The average Bonchev–Trinajstić information content (AvgIpc) is 2.59. The van der Waals surface area contributed by atoms with Gasteiger partial charge in [0.1, 0.15) is 10.7 Å². The number of piperazine rings is 1. The van der Waals surface area contributed by atoms with Crippen molar-refractivity contribution in [1.82, 2.24) is 20.3 Å². The highest BCUT2D eigenvalue weighted by Crippen LogP contribution is 2.13. The number of benzene rings is 1. The Morgan fingerprint density at radius 3 is 2.68 bits per heavy atom. The number of amides is 1. The summed E-state index contributed by atoms with van der Waals surface area (Å²) in [6.07, 6.45) is 0.790. The number of sulfonamides is 1. The molecule has 2 rings (SSSR count). The van der Waals surface area contributed by atoms with Crippen molar-refractivity contribution >= 4 is 15.9 Å². The van der Waals surface area contributed by atoms with Crippen LogP contribution in [0, 0.1) is 5.82 Å². The summed E-state index contributed by atoms with van der Waals surface area (Å²) in [5.74, 6) is -1.28. The van der Waals surface area contributed by atoms with E-state index < -0.39 is 32.7 Å². The summed E-state index contributed by atoms with van der Waals surface area (Å²) in [6.45, 7) is 6.72. The molecule has 1 amide bonds. The second kappa shape index (κ2) is 9.23. The average molecular weight is 372 g/mol. The Labute approximate surface area is 148 Å². The van der Waals surface area contributed by atoms with Crippen LogP contribution in [0.15, 0.2) is 29.2 Å². The normalized spacial score (nSPS) is 17.2. The molecule has 1 aromatic carbocycles. The van der Waals surface area contributed by atoms with Gasteiger partial charge in [-0.15, -0.1) is 0 Å². The SMILES string of the molecule is CC(NS(=O)(=O)c1ccccc1F)C(=O)NCCCN1CCNCC1. The van der Waals surface area contributed by atoms with Gasteiger partial charge in [0.15, 0.2) is 0 Å². The van der Waals surface area contributed by atoms with Gasteiger partial charge in [-0.1, -0.05) is 12.1 Å². The summed E-state index contributed by atoms with van der Waals surface area (Å²) in [6, 6.07) is 4.08. The summed E-state index contributed by atoms with van der Waals surface area (Å²) >= 11 is 0. The second-order valence-corrected chi connectivity index (χ2v) is 7.69. The molecule has 140 valence electrons. The molecule has 0 aromatic heterocycles. The van der Waals surface area contributed by atoms with Crippen LogP contribution in [0.5, 0.6) is 0 Å². The van der Waals surface area contributed by atoms with Gasteiger partial charge in [0, 0.05) is 32.7 Å². The van der Waals surface area contributed by atoms with Crippen LogP contribution < -0.4 is 15.4 Å². The van der Waals surface area contributed by atoms with E-state index in [9.17, 15) is 17.6 Å². The van der Waals surface area contributed by atoms with Crippen LogP contribution in [-0.4, -0.2) is 64.5 Å². The van der Waals surface area contributed by atoms with Crippen molar-refractivity contribution in [2.24, 2.45) is 0 Å². The van der Waals surface area contributed by atoms with Gasteiger partial charge in [0.05, 0.1) is 6.04 Å². The van der Waals surface area contributed by atoms with Crippen molar-refractivity contribution in [2.45, 2.75) is 24.3 Å². The Morgan fingerprint density at radius 1 is 1.32 bits per heavy atom. The zero-order valence-corrected chi connectivity index (χ0v) is 15.1. The minimum absolute atomic E-state index is 0.430. The van der Waals surface area contributed by atoms with E-state index in [0.29, 0.717) is 6.54 Å². The number of rotatable bonds is 8. The lowest BCUT2D eigenvalue weighted by Crippen LogP contribution is -2.46. The number of carbonyl (C=O) groups is 1. The molecule has 1 aliphatic heterocycles. The van der Waals surface area contributed by atoms with E-state index in [1.54, 1.807) is 0 Å². The third-order valence-electron chi connectivity index (χ3n) is 4.01. The summed E-state index contributed by atoms with van der Waals surface area (Å²) in [5.41, 5.74) is 0. The second-order valence-electron chi connectivity index (χ2n) is 6.01. The highest BCUT2D eigenvalue weighted by Gasteiger charge is 2.24. The van der Waals surface area contributed by atoms with Crippen molar-refractivity contribution in [1.29, 1.82) is 0 Å². The maximum atomic E-state index is 13.6. The van der Waals surface area contributed by atoms with Gasteiger partial charge in [-0.2, -0.15) is 4.72 Å². The number of nitrogens with one attached hydrogen (secondary N) is 3. The molecule has 0 spiro atoms. The lowest BCUT2D eigenvalue weighted by Gasteiger charge is -2.27. The fourth-order valence-electron chi connectivity index (χ4n) is 2.61. The summed E-state index contributed by atoms with van der Waals surface area (Å²) in [7, 11) is -4.08. The monoisotopic (exact) mass is 372 g/mol. The van der Waals surface area contributed by atoms with E-state index in [0.717, 1.165) is 51.3 Å². The smallest absolute Gasteiger partial charge is 0.244 e. The molecular formula is C16H25FN4O3S. The molecule has 0 bridgehead atoms. The molecule has 1 aromatic rings. The molecule has 1 atom stereocenters. The molecule has 1 heterocycles. The fraction of sp³-hybridized carbons (Fsp3) is 0.562. The molecule has 25 heavy (non-hydrogen) atoms. The Bertz CT molecular complexity index is 678. The molecule has 0 saturated carbocycles. The predicted octanol–water partition coefficient (Wildman–Crippen LogP) is -0.0960. The van der Waals surface area contributed by atoms with E-state index in [2.05, 4.69) is 20.3 Å². The lowest BCUT2D eigenvalue weighted by molar-refractivity contribution is -0.122. The molecule has 7 nitrogen and oxygen atoms in total. The van der Waals surface area contributed by atoms with Crippen molar-refractivity contribution in [3.63, 3.8) is 0 Å². The zero-order chi connectivity index (χ0) is 18.3. The molecule has 1 aliphatic rings. The van der Waals surface area contributed by atoms with Crippen molar-refractivity contribution in [2.75, 3.05) is 39.3 Å². The molecule has 1 fully saturated rings. The van der Waals surface area contributed by atoms with Crippen LogP contribution in [0.4, 0.5) is 4.39 Å². The Kier molecular flexibility index (Phi) is 7.30. The van der Waals surface area contributed by atoms with E-state index >= 15 is 0 Å². The van der Waals surface area contributed by atoms with Crippen LogP contribution in [-0.2, 0) is 14.8 Å². The third-order valence-corrected chi connectivity index (χ3v) is 5.59. The minimum Gasteiger partial charge on any atom is -0.355 e. The first-order chi connectivity index (χ1) is 11.9. The highest BCUT2D eigenvalue weighted by molar-refractivity contribution is 7.89. The van der Waals surface area contributed by atoms with E-state index in [1.165, 1.54) is 19.1 Å². The van der Waals surface area contributed by atoms with Gasteiger partial charge in [0.25, 0.3) is 0 Å². The van der Waals surface area contributed by atoms with Gasteiger partial charge >= 0.3 is 0 Å². The van der Waals surface area contributed by atoms with E-state index in [1.807, 2.05) is 0 Å². The maximum absolute atomic E-state index is 13.6. The Hall–Kier alpha value is -1.55. The highest BCUT2D eigenvalue weighted by atomic mass is 32.2. The van der Waals surface area contributed by atoms with Crippen LogP contribution in [0.3, 0.4) is 0 Å². The van der Waals surface area contributed by atoms with Crippen molar-refractivity contribution in [3.8, 4) is 0 Å². The van der Waals surface area contributed by atoms with Crippen molar-refractivity contribution < 1.29 is 17.6 Å². The molecule has 0 radical (unpaired) electrons. The number of halogens is 1. The molecule has 1 unspecified atom stereocenters. The minimum atomic E-state index is -4.08. The van der Waals surface area contributed by atoms with Crippen LogP contribution in [0.25, 0.3) is 0 Å². The van der Waals surface area contributed by atoms with Gasteiger partial charge in [-0.3, -0.25) is 4.79 Å². The number of carbonyl (C=O) groups excluding carboxylic acids is 1. The first-order valence-corrected chi connectivity index (χ1v) is 9.86. The quantitative estimate of drug-likeness (QED) is 0.555. The Balaban J connectivity index is 1.76. The first-order valence-electron chi connectivity index (χ1n) is 8.38. The predicted molar refractivity (Wildman–Crippen MR) is 93.1 cm³/mol. The standard InChI is InChI=1S/C16H25FN4O3S/c1-13(20-25(23,24)15-6-3-2-5-14(15)17)16(22)19-7-4-10-21-11-8-18-9-12-21/h2-3,5-6,13,18,20H,4,7-12H2,1H3,(H,19,22). The molecule has 9 heteroatoms. The number of nitrogens with zero attached hydrogens (tertiary/aromatic N) is 1. The van der Waals surface area contributed by atoms with Gasteiger partial charge in [-0.25, -0.2) is 12.8 Å². The van der Waals surface area contributed by atoms with E-state index in [4.69, 9.17) is 0 Å². The third kappa shape index (κ3) is 6.03. The topological polar surface area (TPSA) is 90.5 Å². The summed E-state index contributed by atoms with van der Waals surface area (Å²) in [4.78, 5) is 13.9. The fourth-order valence-corrected chi connectivity index (χ4v) is 3.90. The maximum Gasteiger partial charge on any atom is 0.244 e. The number of hydrogen-bond acceptors (Lipinski definition) is 5. The Morgan fingerprint density at radius 2 is 2.00 bits per heavy atom.